The quantitative estimate of drug-likeness (QED) is 0.569. The zero-order valence-electron chi connectivity index (χ0n) is 9.95. The van der Waals surface area contributed by atoms with E-state index in [1.165, 1.54) is 0 Å². The number of nitrogens with two attached hydrogens (primary N) is 1. The van der Waals surface area contributed by atoms with E-state index in [2.05, 4.69) is 4.98 Å². The number of nitrogens with zero attached hydrogens (tertiary/aromatic N) is 2. The summed E-state index contributed by atoms with van der Waals surface area (Å²) < 4.78 is 5.01. The summed E-state index contributed by atoms with van der Waals surface area (Å²) in [5, 5.41) is 7.50. The van der Waals surface area contributed by atoms with E-state index in [4.69, 9.17) is 15.9 Å². The zero-order valence-corrected chi connectivity index (χ0v) is 9.95. The third kappa shape index (κ3) is 2.93. The molecule has 0 aliphatic rings. The smallest absolute Gasteiger partial charge is 0.139 e. The summed E-state index contributed by atoms with van der Waals surface area (Å²) in [5.41, 5.74) is 7.08. The van der Waals surface area contributed by atoms with Gasteiger partial charge in [0, 0.05) is 26.4 Å². The van der Waals surface area contributed by atoms with Crippen LogP contribution < -0.4 is 10.6 Å². The Balaban J connectivity index is 2.99. The van der Waals surface area contributed by atoms with Crippen molar-refractivity contribution in [2.75, 3.05) is 32.2 Å². The molecular weight excluding hydrogens is 204 g/mol. The molecule has 0 amide bonds. The number of aryl methyl sites for hydroxylation is 1. The monoisotopic (exact) mass is 222 g/mol. The minimum Gasteiger partial charge on any atom is -0.384 e. The van der Waals surface area contributed by atoms with Crippen LogP contribution in [0.15, 0.2) is 12.1 Å². The number of pyridine rings is 1. The van der Waals surface area contributed by atoms with Crippen molar-refractivity contribution in [1.29, 1.82) is 5.41 Å². The third-order valence-electron chi connectivity index (χ3n) is 2.30. The SMILES string of the molecule is COCCN(C)c1nc(C)ccc1C(=N)N. The summed E-state index contributed by atoms with van der Waals surface area (Å²) in [5.74, 6) is 0.760. The third-order valence-corrected chi connectivity index (χ3v) is 2.30. The first-order valence-corrected chi connectivity index (χ1v) is 5.08. The number of ether oxygens (including phenoxy) is 1. The van der Waals surface area contributed by atoms with Crippen molar-refractivity contribution in [3.05, 3.63) is 23.4 Å². The van der Waals surface area contributed by atoms with Crippen LogP contribution in [0.4, 0.5) is 5.82 Å². The fourth-order valence-electron chi connectivity index (χ4n) is 1.38. The van der Waals surface area contributed by atoms with E-state index in [1.54, 1.807) is 7.11 Å². The van der Waals surface area contributed by atoms with Gasteiger partial charge in [-0.15, -0.1) is 0 Å². The number of likely N-dealkylation sites (N-methyl/N-ethyl adjacent to an activating group) is 1. The predicted octanol–water partition coefficient (Wildman–Crippen LogP) is 0.757. The summed E-state index contributed by atoms with van der Waals surface area (Å²) in [7, 11) is 3.57. The number of nitrogen functional groups attached to an aromatic ring is 1. The molecule has 0 fully saturated rings. The first-order valence-electron chi connectivity index (χ1n) is 5.08. The van der Waals surface area contributed by atoms with Crippen LogP contribution in [0.5, 0.6) is 0 Å². The highest BCUT2D eigenvalue weighted by molar-refractivity contribution is 5.99. The van der Waals surface area contributed by atoms with Crippen molar-refractivity contribution in [1.82, 2.24) is 4.98 Å². The van der Waals surface area contributed by atoms with Gasteiger partial charge in [-0.2, -0.15) is 0 Å². The van der Waals surface area contributed by atoms with E-state index in [9.17, 15) is 0 Å². The Kier molecular flexibility index (Phi) is 4.25. The molecule has 3 N–H and O–H groups in total. The molecule has 1 rings (SSSR count). The molecule has 0 unspecified atom stereocenters. The van der Waals surface area contributed by atoms with Gasteiger partial charge >= 0.3 is 0 Å². The first-order chi connectivity index (χ1) is 7.56. The highest BCUT2D eigenvalue weighted by Crippen LogP contribution is 2.16. The van der Waals surface area contributed by atoms with Gasteiger partial charge in [-0.25, -0.2) is 4.98 Å². The number of hydrogen-bond acceptors (Lipinski definition) is 4. The molecule has 0 aromatic carbocycles. The van der Waals surface area contributed by atoms with Crippen molar-refractivity contribution in [2.45, 2.75) is 6.92 Å². The maximum atomic E-state index is 7.50. The summed E-state index contributed by atoms with van der Waals surface area (Å²) in [6, 6.07) is 3.67. The van der Waals surface area contributed by atoms with Crippen LogP contribution in [-0.2, 0) is 4.74 Å². The molecule has 1 heterocycles. The minimum absolute atomic E-state index is 0.0340. The molecule has 1 aromatic rings. The molecule has 0 aliphatic heterocycles. The van der Waals surface area contributed by atoms with E-state index in [1.807, 2.05) is 31.0 Å². The summed E-state index contributed by atoms with van der Waals surface area (Å²) in [6.45, 7) is 3.24. The number of hydrogen-bond donors (Lipinski definition) is 2. The molecule has 0 aliphatic carbocycles. The number of amidine groups is 1. The largest absolute Gasteiger partial charge is 0.384 e. The normalized spacial score (nSPS) is 10.2. The predicted molar refractivity (Wildman–Crippen MR) is 65.1 cm³/mol. The van der Waals surface area contributed by atoms with Crippen molar-refractivity contribution in [2.24, 2.45) is 5.73 Å². The molecule has 0 atom stereocenters. The number of aromatic nitrogens is 1. The van der Waals surface area contributed by atoms with Crippen LogP contribution in [0.25, 0.3) is 0 Å². The van der Waals surface area contributed by atoms with Gasteiger partial charge in [-0.1, -0.05) is 0 Å². The molecule has 0 saturated carbocycles. The second kappa shape index (κ2) is 5.46. The Morgan fingerprint density at radius 3 is 2.81 bits per heavy atom. The molecule has 1 aromatic heterocycles. The maximum absolute atomic E-state index is 7.50. The number of rotatable bonds is 5. The molecule has 0 bridgehead atoms. The molecule has 0 radical (unpaired) electrons. The average molecular weight is 222 g/mol. The highest BCUT2D eigenvalue weighted by atomic mass is 16.5. The van der Waals surface area contributed by atoms with Crippen molar-refractivity contribution < 1.29 is 4.74 Å². The lowest BCUT2D eigenvalue weighted by molar-refractivity contribution is 0.206. The second-order valence-corrected chi connectivity index (χ2v) is 3.65. The molecule has 5 heteroatoms. The van der Waals surface area contributed by atoms with Crippen molar-refractivity contribution in [3.63, 3.8) is 0 Å². The number of methoxy groups -OCH3 is 1. The number of anilines is 1. The topological polar surface area (TPSA) is 75.2 Å². The van der Waals surface area contributed by atoms with Gasteiger partial charge in [-0.05, 0) is 19.1 Å². The molecule has 16 heavy (non-hydrogen) atoms. The minimum atomic E-state index is 0.0340. The van der Waals surface area contributed by atoms with Gasteiger partial charge in [0.2, 0.25) is 0 Å². The molecular formula is C11H18N4O. The summed E-state index contributed by atoms with van der Waals surface area (Å²) in [4.78, 5) is 6.33. The van der Waals surface area contributed by atoms with E-state index >= 15 is 0 Å². The highest BCUT2D eigenvalue weighted by Gasteiger charge is 2.11. The fourth-order valence-corrected chi connectivity index (χ4v) is 1.38. The van der Waals surface area contributed by atoms with E-state index in [0.717, 1.165) is 11.5 Å². The van der Waals surface area contributed by atoms with Gasteiger partial charge in [0.15, 0.2) is 0 Å². The Labute approximate surface area is 95.7 Å². The zero-order chi connectivity index (χ0) is 12.1. The van der Waals surface area contributed by atoms with Gasteiger partial charge in [0.1, 0.15) is 11.7 Å². The van der Waals surface area contributed by atoms with Gasteiger partial charge in [-0.3, -0.25) is 5.41 Å². The number of nitrogens with one attached hydrogen (secondary N) is 1. The standard InChI is InChI=1S/C11H18N4O/c1-8-4-5-9(10(12)13)11(14-8)15(2)6-7-16-3/h4-5H,6-7H2,1-3H3,(H3,12,13). The van der Waals surface area contributed by atoms with Gasteiger partial charge in [0.25, 0.3) is 0 Å². The van der Waals surface area contributed by atoms with Crippen LogP contribution in [0.3, 0.4) is 0 Å². The molecule has 0 saturated heterocycles. The molecule has 0 spiro atoms. The van der Waals surface area contributed by atoms with Crippen LogP contribution in [0, 0.1) is 12.3 Å². The Morgan fingerprint density at radius 2 is 2.25 bits per heavy atom. The Morgan fingerprint density at radius 1 is 1.56 bits per heavy atom. The fraction of sp³-hybridized carbons (Fsp3) is 0.455. The Hall–Kier alpha value is -1.62. The van der Waals surface area contributed by atoms with E-state index in [0.29, 0.717) is 18.7 Å². The summed E-state index contributed by atoms with van der Waals surface area (Å²) in [6.07, 6.45) is 0. The first kappa shape index (κ1) is 12.4. The van der Waals surface area contributed by atoms with Gasteiger partial charge in [0.05, 0.1) is 12.2 Å². The van der Waals surface area contributed by atoms with E-state index in [-0.39, 0.29) is 5.84 Å². The lowest BCUT2D eigenvalue weighted by Crippen LogP contribution is -2.27. The molecule has 5 nitrogen and oxygen atoms in total. The lowest BCUT2D eigenvalue weighted by Gasteiger charge is -2.20. The van der Waals surface area contributed by atoms with Crippen LogP contribution in [0.2, 0.25) is 0 Å². The Bertz CT molecular complexity index is 378. The van der Waals surface area contributed by atoms with Crippen molar-refractivity contribution >= 4 is 11.7 Å². The second-order valence-electron chi connectivity index (χ2n) is 3.65. The summed E-state index contributed by atoms with van der Waals surface area (Å²) >= 11 is 0. The lowest BCUT2D eigenvalue weighted by atomic mass is 10.2. The van der Waals surface area contributed by atoms with Gasteiger partial charge < -0.3 is 15.4 Å². The molecule has 88 valence electrons. The van der Waals surface area contributed by atoms with Crippen LogP contribution in [-0.4, -0.2) is 38.1 Å². The van der Waals surface area contributed by atoms with E-state index < -0.39 is 0 Å². The van der Waals surface area contributed by atoms with Crippen LogP contribution >= 0.6 is 0 Å². The maximum Gasteiger partial charge on any atom is 0.139 e. The van der Waals surface area contributed by atoms with Crippen molar-refractivity contribution in [3.8, 4) is 0 Å². The average Bonchev–Trinajstić information content (AvgIpc) is 2.25. The van der Waals surface area contributed by atoms with Crippen LogP contribution in [0.1, 0.15) is 11.3 Å².